The highest BCUT2D eigenvalue weighted by Crippen LogP contribution is 2.14. The number of hydrogen-bond donors (Lipinski definition) is 2. The van der Waals surface area contributed by atoms with Crippen LogP contribution < -0.4 is 5.32 Å². The molecule has 0 spiro atoms. The molecular formula is C8H7N3O4. The molecule has 0 aromatic heterocycles. The molecule has 0 heterocycles. The molecule has 1 aromatic rings. The summed E-state index contributed by atoms with van der Waals surface area (Å²) in [5, 5.41) is 23.2. The number of non-ortho nitro benzene ring substituents is 1. The van der Waals surface area contributed by atoms with Gasteiger partial charge in [-0.15, -0.1) is 0 Å². The van der Waals surface area contributed by atoms with Gasteiger partial charge in [0.05, 0.1) is 4.92 Å². The Kier molecular flexibility index (Phi) is 3.33. The lowest BCUT2D eigenvalue weighted by molar-refractivity contribution is -0.384. The van der Waals surface area contributed by atoms with E-state index >= 15 is 0 Å². The van der Waals surface area contributed by atoms with E-state index in [0.29, 0.717) is 11.9 Å². The number of anilines is 1. The molecule has 0 unspecified atom stereocenters. The summed E-state index contributed by atoms with van der Waals surface area (Å²) >= 11 is 0. The minimum Gasteiger partial charge on any atom is -0.411 e. The standard InChI is InChI=1S/C8H7N3O4/c12-8(5-9-13)10-6-1-3-7(4-2-6)11(14)15/h1-5,13H,(H,10,12)/b9-5+. The van der Waals surface area contributed by atoms with E-state index in [9.17, 15) is 14.9 Å². The van der Waals surface area contributed by atoms with E-state index < -0.39 is 10.8 Å². The van der Waals surface area contributed by atoms with Crippen molar-refractivity contribution in [2.45, 2.75) is 0 Å². The highest BCUT2D eigenvalue weighted by molar-refractivity contribution is 6.31. The van der Waals surface area contributed by atoms with Gasteiger partial charge in [-0.1, -0.05) is 5.16 Å². The molecule has 1 aromatic carbocycles. The van der Waals surface area contributed by atoms with E-state index in [1.165, 1.54) is 24.3 Å². The van der Waals surface area contributed by atoms with E-state index in [1.807, 2.05) is 0 Å². The summed E-state index contributed by atoms with van der Waals surface area (Å²) in [6.45, 7) is 0. The number of hydrogen-bond acceptors (Lipinski definition) is 5. The number of nitro groups is 1. The van der Waals surface area contributed by atoms with Crippen LogP contribution in [0, 0.1) is 10.1 Å². The van der Waals surface area contributed by atoms with Crippen molar-refractivity contribution < 1.29 is 14.9 Å². The Balaban J connectivity index is 2.72. The van der Waals surface area contributed by atoms with Gasteiger partial charge in [0, 0.05) is 17.8 Å². The summed E-state index contributed by atoms with van der Waals surface area (Å²) in [5.41, 5.74) is 0.314. The Morgan fingerprint density at radius 3 is 2.53 bits per heavy atom. The third-order valence-electron chi connectivity index (χ3n) is 1.52. The molecule has 78 valence electrons. The van der Waals surface area contributed by atoms with Gasteiger partial charge in [0.2, 0.25) is 0 Å². The number of rotatable bonds is 3. The Morgan fingerprint density at radius 2 is 2.07 bits per heavy atom. The first kappa shape index (κ1) is 10.6. The first-order chi connectivity index (χ1) is 7.13. The third kappa shape index (κ3) is 3.07. The molecule has 0 saturated carbocycles. The number of amides is 1. The normalized spacial score (nSPS) is 10.1. The number of carbonyl (C=O) groups excluding carboxylic acids is 1. The van der Waals surface area contributed by atoms with Gasteiger partial charge in [-0.05, 0) is 12.1 Å². The van der Waals surface area contributed by atoms with Crippen molar-refractivity contribution in [3.05, 3.63) is 34.4 Å². The topological polar surface area (TPSA) is 105 Å². The second kappa shape index (κ2) is 4.70. The van der Waals surface area contributed by atoms with Crippen LogP contribution in [0.4, 0.5) is 11.4 Å². The summed E-state index contributed by atoms with van der Waals surface area (Å²) in [6.07, 6.45) is 0.682. The molecule has 1 rings (SSSR count). The van der Waals surface area contributed by atoms with E-state index in [1.54, 1.807) is 0 Å². The lowest BCUT2D eigenvalue weighted by Gasteiger charge is -1.99. The molecule has 0 aliphatic carbocycles. The fourth-order valence-corrected chi connectivity index (χ4v) is 0.893. The highest BCUT2D eigenvalue weighted by Gasteiger charge is 2.04. The molecule has 0 radical (unpaired) electrons. The van der Waals surface area contributed by atoms with Gasteiger partial charge in [0.1, 0.15) is 6.21 Å². The summed E-state index contributed by atoms with van der Waals surface area (Å²) in [5.74, 6) is -0.619. The molecule has 0 bridgehead atoms. The zero-order chi connectivity index (χ0) is 11.3. The van der Waals surface area contributed by atoms with Crippen molar-refractivity contribution in [2.75, 3.05) is 5.32 Å². The molecule has 0 fully saturated rings. The van der Waals surface area contributed by atoms with Crippen LogP contribution >= 0.6 is 0 Å². The summed E-state index contributed by atoms with van der Waals surface area (Å²) < 4.78 is 0. The van der Waals surface area contributed by atoms with Crippen LogP contribution in [0.3, 0.4) is 0 Å². The van der Waals surface area contributed by atoms with Crippen LogP contribution in [0.25, 0.3) is 0 Å². The van der Waals surface area contributed by atoms with Crippen molar-refractivity contribution in [1.29, 1.82) is 0 Å². The number of oxime groups is 1. The SMILES string of the molecule is O=C(/C=N/O)Nc1ccc([N+](=O)[O-])cc1. The molecule has 7 heteroatoms. The van der Waals surface area contributed by atoms with Crippen molar-refractivity contribution in [2.24, 2.45) is 5.16 Å². The van der Waals surface area contributed by atoms with Crippen LogP contribution in [0.2, 0.25) is 0 Å². The maximum atomic E-state index is 10.9. The lowest BCUT2D eigenvalue weighted by Crippen LogP contribution is -2.12. The maximum Gasteiger partial charge on any atom is 0.270 e. The van der Waals surface area contributed by atoms with Gasteiger partial charge in [-0.2, -0.15) is 0 Å². The maximum absolute atomic E-state index is 10.9. The molecule has 7 nitrogen and oxygen atoms in total. The van der Waals surface area contributed by atoms with E-state index in [0.717, 1.165) is 0 Å². The lowest BCUT2D eigenvalue weighted by atomic mass is 10.3. The first-order valence-corrected chi connectivity index (χ1v) is 3.86. The van der Waals surface area contributed by atoms with Gasteiger partial charge in [0.15, 0.2) is 0 Å². The van der Waals surface area contributed by atoms with Crippen LogP contribution in [0.1, 0.15) is 0 Å². The Labute approximate surface area is 84.2 Å². The van der Waals surface area contributed by atoms with Crippen molar-refractivity contribution >= 4 is 23.5 Å². The van der Waals surface area contributed by atoms with Crippen molar-refractivity contribution in [3.8, 4) is 0 Å². The van der Waals surface area contributed by atoms with Gasteiger partial charge in [0.25, 0.3) is 11.6 Å². The van der Waals surface area contributed by atoms with Crippen LogP contribution in [-0.4, -0.2) is 22.3 Å². The smallest absolute Gasteiger partial charge is 0.270 e. The average molecular weight is 209 g/mol. The number of carbonyl (C=O) groups is 1. The predicted molar refractivity (Wildman–Crippen MR) is 52.0 cm³/mol. The molecule has 15 heavy (non-hydrogen) atoms. The summed E-state index contributed by atoms with van der Waals surface area (Å²) in [6, 6.07) is 5.26. The Bertz CT molecular complexity index is 399. The van der Waals surface area contributed by atoms with E-state index in [-0.39, 0.29) is 5.69 Å². The molecule has 1 amide bonds. The fourth-order valence-electron chi connectivity index (χ4n) is 0.893. The summed E-state index contributed by atoms with van der Waals surface area (Å²) in [7, 11) is 0. The van der Waals surface area contributed by atoms with E-state index in [2.05, 4.69) is 10.5 Å². The molecule has 2 N–H and O–H groups in total. The van der Waals surface area contributed by atoms with Gasteiger partial charge in [-0.25, -0.2) is 0 Å². The third-order valence-corrected chi connectivity index (χ3v) is 1.52. The van der Waals surface area contributed by atoms with Crippen LogP contribution in [0.5, 0.6) is 0 Å². The quantitative estimate of drug-likeness (QED) is 0.335. The second-order valence-corrected chi connectivity index (χ2v) is 2.54. The van der Waals surface area contributed by atoms with Gasteiger partial charge >= 0.3 is 0 Å². The minimum absolute atomic E-state index is 0.0659. The number of nitro benzene ring substituents is 1. The largest absolute Gasteiger partial charge is 0.411 e. The number of benzene rings is 1. The Hall–Kier alpha value is -2.44. The zero-order valence-corrected chi connectivity index (χ0v) is 7.45. The van der Waals surface area contributed by atoms with Crippen molar-refractivity contribution in [1.82, 2.24) is 0 Å². The highest BCUT2D eigenvalue weighted by atomic mass is 16.6. The minimum atomic E-state index is -0.619. The molecular weight excluding hydrogens is 202 g/mol. The molecule has 0 atom stereocenters. The molecule has 0 saturated heterocycles. The first-order valence-electron chi connectivity index (χ1n) is 3.86. The molecule has 0 aliphatic heterocycles. The van der Waals surface area contributed by atoms with Crippen molar-refractivity contribution in [3.63, 3.8) is 0 Å². The molecule has 0 aliphatic rings. The zero-order valence-electron chi connectivity index (χ0n) is 7.45. The van der Waals surface area contributed by atoms with Gasteiger partial charge < -0.3 is 10.5 Å². The number of nitrogens with zero attached hydrogens (tertiary/aromatic N) is 2. The number of nitrogens with one attached hydrogen (secondary N) is 1. The summed E-state index contributed by atoms with van der Waals surface area (Å²) in [4.78, 5) is 20.6. The van der Waals surface area contributed by atoms with E-state index in [4.69, 9.17) is 5.21 Å². The Morgan fingerprint density at radius 1 is 1.47 bits per heavy atom. The average Bonchev–Trinajstić information content (AvgIpc) is 2.18. The fraction of sp³-hybridized carbons (Fsp3) is 0. The van der Waals surface area contributed by atoms with Gasteiger partial charge in [-0.3, -0.25) is 14.9 Å². The monoisotopic (exact) mass is 209 g/mol. The predicted octanol–water partition coefficient (Wildman–Crippen LogP) is 0.993. The van der Waals surface area contributed by atoms with Crippen LogP contribution in [0.15, 0.2) is 29.4 Å². The second-order valence-electron chi connectivity index (χ2n) is 2.54. The van der Waals surface area contributed by atoms with Crippen LogP contribution in [-0.2, 0) is 4.79 Å².